The molecule has 0 aromatic heterocycles. The van der Waals surface area contributed by atoms with Gasteiger partial charge in [-0.1, -0.05) is 42.0 Å². The van der Waals surface area contributed by atoms with Gasteiger partial charge >= 0.3 is 0 Å². The Kier molecular flexibility index (Phi) is 9.46. The molecule has 2 amide bonds. The van der Waals surface area contributed by atoms with Crippen molar-refractivity contribution in [1.29, 1.82) is 0 Å². The normalized spacial score (nSPS) is 12.2. The van der Waals surface area contributed by atoms with Crippen LogP contribution in [0.25, 0.3) is 0 Å². The maximum atomic E-state index is 13.2. The van der Waals surface area contributed by atoms with Crippen LogP contribution >= 0.6 is 0 Å². The summed E-state index contributed by atoms with van der Waals surface area (Å²) in [5.74, 6) is -0.400. The Balaban J connectivity index is 2.14. The van der Waals surface area contributed by atoms with Crippen LogP contribution in [0.5, 0.6) is 0 Å². The van der Waals surface area contributed by atoms with Crippen LogP contribution < -0.4 is 9.62 Å². The summed E-state index contributed by atoms with van der Waals surface area (Å²) in [6, 6.07) is 14.5. The fourth-order valence-electron chi connectivity index (χ4n) is 3.58. The summed E-state index contributed by atoms with van der Waals surface area (Å²) in [6.45, 7) is 8.42. The van der Waals surface area contributed by atoms with Gasteiger partial charge in [0.25, 0.3) is 0 Å². The molecule has 1 atom stereocenters. The lowest BCUT2D eigenvalue weighted by Crippen LogP contribution is -2.47. The summed E-state index contributed by atoms with van der Waals surface area (Å²) in [5.41, 5.74) is 3.59. The van der Waals surface area contributed by atoms with Gasteiger partial charge in [-0.15, -0.1) is 0 Å². The summed E-state index contributed by atoms with van der Waals surface area (Å²) in [6.07, 6.45) is 1.64. The van der Waals surface area contributed by atoms with Crippen molar-refractivity contribution >= 4 is 27.5 Å². The predicted molar refractivity (Wildman–Crippen MR) is 132 cm³/mol. The highest BCUT2D eigenvalue weighted by Crippen LogP contribution is 2.20. The number of carbonyl (C=O) groups is 2. The summed E-state index contributed by atoms with van der Waals surface area (Å²) in [5, 5.41) is 2.78. The molecule has 2 aromatic carbocycles. The van der Waals surface area contributed by atoms with E-state index in [1.54, 1.807) is 17.9 Å². The second-order valence-electron chi connectivity index (χ2n) is 8.36. The summed E-state index contributed by atoms with van der Waals surface area (Å²) in [7, 11) is -3.50. The SMILES string of the molecule is CCNC(=O)[C@@H](C)N(Cc1ccc(C)cc1)C(=O)CCCN(c1cccc(C)c1)S(C)(=O)=O. The van der Waals surface area contributed by atoms with Crippen molar-refractivity contribution in [3.05, 3.63) is 65.2 Å². The fourth-order valence-corrected chi connectivity index (χ4v) is 4.54. The Bertz CT molecular complexity index is 1050. The third-order valence-corrected chi connectivity index (χ3v) is 6.63. The molecule has 8 heteroatoms. The van der Waals surface area contributed by atoms with Gasteiger partial charge in [0, 0.05) is 26.1 Å². The molecule has 2 aromatic rings. The van der Waals surface area contributed by atoms with E-state index < -0.39 is 16.1 Å². The van der Waals surface area contributed by atoms with E-state index >= 15 is 0 Å². The van der Waals surface area contributed by atoms with Crippen molar-refractivity contribution in [3.63, 3.8) is 0 Å². The van der Waals surface area contributed by atoms with Gasteiger partial charge in [-0.2, -0.15) is 0 Å². The van der Waals surface area contributed by atoms with Gasteiger partial charge in [-0.25, -0.2) is 8.42 Å². The number of nitrogens with one attached hydrogen (secondary N) is 1. The highest BCUT2D eigenvalue weighted by molar-refractivity contribution is 7.92. The third-order valence-electron chi connectivity index (χ3n) is 5.43. The molecule has 1 N–H and O–H groups in total. The highest BCUT2D eigenvalue weighted by Gasteiger charge is 2.26. The van der Waals surface area contributed by atoms with Crippen LogP contribution in [0.1, 0.15) is 43.4 Å². The lowest BCUT2D eigenvalue weighted by atomic mass is 10.1. The molecule has 7 nitrogen and oxygen atoms in total. The highest BCUT2D eigenvalue weighted by atomic mass is 32.2. The molecule has 0 aliphatic carbocycles. The van der Waals surface area contributed by atoms with Crippen LogP contribution in [-0.4, -0.2) is 50.5 Å². The van der Waals surface area contributed by atoms with Crippen LogP contribution in [0.15, 0.2) is 48.5 Å². The molecule has 0 spiro atoms. The Morgan fingerprint density at radius 1 is 1.03 bits per heavy atom. The number of sulfonamides is 1. The van der Waals surface area contributed by atoms with Gasteiger partial charge in [0.05, 0.1) is 11.9 Å². The zero-order valence-electron chi connectivity index (χ0n) is 20.2. The van der Waals surface area contributed by atoms with E-state index in [1.807, 2.05) is 63.2 Å². The van der Waals surface area contributed by atoms with Gasteiger partial charge < -0.3 is 10.2 Å². The minimum Gasteiger partial charge on any atom is -0.355 e. The van der Waals surface area contributed by atoms with Crippen LogP contribution in [0, 0.1) is 13.8 Å². The number of carbonyl (C=O) groups excluding carboxylic acids is 2. The van der Waals surface area contributed by atoms with Crippen LogP contribution in [0.3, 0.4) is 0 Å². The number of rotatable bonds is 11. The molecule has 0 unspecified atom stereocenters. The average Bonchev–Trinajstić information content (AvgIpc) is 2.75. The van der Waals surface area contributed by atoms with E-state index in [9.17, 15) is 18.0 Å². The Morgan fingerprint density at radius 2 is 1.70 bits per heavy atom. The van der Waals surface area contributed by atoms with Crippen molar-refractivity contribution in [2.75, 3.05) is 23.7 Å². The number of benzene rings is 2. The first-order chi connectivity index (χ1) is 15.5. The number of hydrogen-bond donors (Lipinski definition) is 1. The lowest BCUT2D eigenvalue weighted by Gasteiger charge is -2.29. The zero-order valence-corrected chi connectivity index (χ0v) is 21.0. The van der Waals surface area contributed by atoms with E-state index in [0.717, 1.165) is 22.9 Å². The van der Waals surface area contributed by atoms with E-state index in [2.05, 4.69) is 5.32 Å². The Labute approximate surface area is 197 Å². The maximum absolute atomic E-state index is 13.2. The van der Waals surface area contributed by atoms with Crippen molar-refractivity contribution in [2.24, 2.45) is 0 Å². The fraction of sp³-hybridized carbons (Fsp3) is 0.440. The first-order valence-corrected chi connectivity index (χ1v) is 13.0. The molecule has 0 aliphatic rings. The number of hydrogen-bond acceptors (Lipinski definition) is 4. The Hall–Kier alpha value is -2.87. The first kappa shape index (κ1) is 26.4. The monoisotopic (exact) mass is 473 g/mol. The zero-order chi connectivity index (χ0) is 24.6. The first-order valence-electron chi connectivity index (χ1n) is 11.2. The van der Waals surface area contributed by atoms with Gasteiger partial charge in [0.2, 0.25) is 21.8 Å². The van der Waals surface area contributed by atoms with E-state index in [4.69, 9.17) is 0 Å². The molecule has 0 aliphatic heterocycles. The molecule has 0 saturated heterocycles. The average molecular weight is 474 g/mol. The summed E-state index contributed by atoms with van der Waals surface area (Å²) in [4.78, 5) is 27.2. The quantitative estimate of drug-likeness (QED) is 0.542. The maximum Gasteiger partial charge on any atom is 0.242 e. The van der Waals surface area contributed by atoms with Gasteiger partial charge in [0.15, 0.2) is 0 Å². The van der Waals surface area contributed by atoms with E-state index in [0.29, 0.717) is 25.2 Å². The van der Waals surface area contributed by atoms with E-state index in [-0.39, 0.29) is 24.8 Å². The number of amides is 2. The van der Waals surface area contributed by atoms with Crippen LogP contribution in [0.2, 0.25) is 0 Å². The predicted octanol–water partition coefficient (Wildman–Crippen LogP) is 3.40. The van der Waals surface area contributed by atoms with Crippen molar-refractivity contribution in [3.8, 4) is 0 Å². The van der Waals surface area contributed by atoms with Gasteiger partial charge in [-0.3, -0.25) is 13.9 Å². The molecule has 0 fully saturated rings. The molecule has 2 rings (SSSR count). The molecule has 33 heavy (non-hydrogen) atoms. The minimum atomic E-state index is -3.50. The summed E-state index contributed by atoms with van der Waals surface area (Å²) >= 11 is 0. The molecular weight excluding hydrogens is 438 g/mol. The van der Waals surface area contributed by atoms with Crippen molar-refractivity contribution in [1.82, 2.24) is 10.2 Å². The molecule has 0 saturated carbocycles. The molecule has 180 valence electrons. The number of anilines is 1. The molecular formula is C25H35N3O4S. The van der Waals surface area contributed by atoms with Crippen LogP contribution in [-0.2, 0) is 26.2 Å². The smallest absolute Gasteiger partial charge is 0.242 e. The second-order valence-corrected chi connectivity index (χ2v) is 10.3. The largest absolute Gasteiger partial charge is 0.355 e. The molecule has 0 heterocycles. The van der Waals surface area contributed by atoms with E-state index in [1.165, 1.54) is 4.31 Å². The summed E-state index contributed by atoms with van der Waals surface area (Å²) < 4.78 is 26.1. The van der Waals surface area contributed by atoms with Gasteiger partial charge in [0.1, 0.15) is 6.04 Å². The third kappa shape index (κ3) is 7.89. The number of likely N-dealkylation sites (N-methyl/N-ethyl adjacent to an activating group) is 1. The Morgan fingerprint density at radius 3 is 2.27 bits per heavy atom. The molecule has 0 bridgehead atoms. The lowest BCUT2D eigenvalue weighted by molar-refractivity contribution is -0.140. The second kappa shape index (κ2) is 11.8. The minimum absolute atomic E-state index is 0.132. The topological polar surface area (TPSA) is 86.8 Å². The van der Waals surface area contributed by atoms with Crippen molar-refractivity contribution < 1.29 is 18.0 Å². The number of nitrogens with zero attached hydrogens (tertiary/aromatic N) is 2. The number of aryl methyl sites for hydroxylation is 2. The van der Waals surface area contributed by atoms with Gasteiger partial charge in [-0.05, 0) is 57.4 Å². The molecule has 0 radical (unpaired) electrons. The van der Waals surface area contributed by atoms with Crippen LogP contribution in [0.4, 0.5) is 5.69 Å². The standard InChI is InChI=1S/C25H35N3O4S/c1-6-26-25(30)21(4)27(18-22-14-12-19(2)13-15-22)24(29)11-8-16-28(33(5,31)32)23-10-7-9-20(3)17-23/h7,9-10,12-15,17,21H,6,8,11,16,18H2,1-5H3,(H,26,30)/t21-/m1/s1. The van der Waals surface area contributed by atoms with Crippen molar-refractivity contribution in [2.45, 2.75) is 53.1 Å².